The van der Waals surface area contributed by atoms with Crippen molar-refractivity contribution in [3.63, 3.8) is 0 Å². The van der Waals surface area contributed by atoms with Crippen LogP contribution in [-0.2, 0) is 11.8 Å². The van der Waals surface area contributed by atoms with Crippen molar-refractivity contribution in [2.24, 2.45) is 22.0 Å². The maximum Gasteiger partial charge on any atom is 0.191 e. The van der Waals surface area contributed by atoms with E-state index in [-0.39, 0.29) is 35.8 Å². The highest BCUT2D eigenvalue weighted by molar-refractivity contribution is 6.38. The molecular weight excluding hydrogens is 472 g/mol. The molecule has 1 saturated heterocycles. The predicted molar refractivity (Wildman–Crippen MR) is 132 cm³/mol. The van der Waals surface area contributed by atoms with E-state index in [1.807, 2.05) is 19.3 Å². The number of halogens is 2. The molecule has 3 aliphatic heterocycles. The average Bonchev–Trinajstić information content (AvgIpc) is 3.30. The molecule has 1 aromatic heterocycles. The van der Waals surface area contributed by atoms with Gasteiger partial charge in [-0.15, -0.1) is 0 Å². The van der Waals surface area contributed by atoms with Crippen LogP contribution in [0.5, 0.6) is 11.5 Å². The number of benzene rings is 1. The van der Waals surface area contributed by atoms with Gasteiger partial charge >= 0.3 is 0 Å². The predicted octanol–water partition coefficient (Wildman–Crippen LogP) is 1.75. The minimum Gasteiger partial charge on any atom is -0.493 e. The fourth-order valence-electron chi connectivity index (χ4n) is 4.15. The molecule has 0 bridgehead atoms. The summed E-state index contributed by atoms with van der Waals surface area (Å²) in [6, 6.07) is 1.08. The van der Waals surface area contributed by atoms with E-state index < -0.39 is 17.8 Å². The summed E-state index contributed by atoms with van der Waals surface area (Å²) in [4.78, 5) is 15.5. The van der Waals surface area contributed by atoms with Crippen LogP contribution in [0.25, 0.3) is 0 Å². The van der Waals surface area contributed by atoms with Gasteiger partial charge < -0.3 is 24.4 Å². The summed E-state index contributed by atoms with van der Waals surface area (Å²) in [5.41, 5.74) is 1.14. The van der Waals surface area contributed by atoms with E-state index in [4.69, 9.17) is 24.2 Å². The Hall–Kier alpha value is -3.64. The first-order valence-corrected chi connectivity index (χ1v) is 11.5. The smallest absolute Gasteiger partial charge is 0.191 e. The molecule has 0 saturated carbocycles. The molecule has 36 heavy (non-hydrogen) atoms. The minimum absolute atomic E-state index is 0.133. The van der Waals surface area contributed by atoms with Gasteiger partial charge in [-0.3, -0.25) is 14.7 Å². The van der Waals surface area contributed by atoms with Crippen molar-refractivity contribution in [2.45, 2.75) is 18.2 Å². The lowest BCUT2D eigenvalue weighted by Crippen LogP contribution is -2.49. The van der Waals surface area contributed by atoms with Crippen LogP contribution in [0.4, 0.5) is 14.5 Å². The largest absolute Gasteiger partial charge is 0.493 e. The fourth-order valence-corrected chi connectivity index (χ4v) is 4.15. The number of aryl methyl sites for hydroxylation is 1. The first-order valence-electron chi connectivity index (χ1n) is 11.5. The molecule has 1 aromatic carbocycles. The van der Waals surface area contributed by atoms with Gasteiger partial charge in [0, 0.05) is 44.2 Å². The summed E-state index contributed by atoms with van der Waals surface area (Å²) in [5.74, 6) is -1.61. The number of aromatic nitrogens is 2. The Balaban J connectivity index is 1.51. The van der Waals surface area contributed by atoms with E-state index in [0.717, 1.165) is 5.56 Å². The van der Waals surface area contributed by atoms with Gasteiger partial charge in [0.25, 0.3) is 0 Å². The first kappa shape index (κ1) is 24.1. The SMILES string of the molecule is COc1cc(OC)c(F)c(N(CCNC2COC2)C2=NC3N=C(c4cnn(C)c4)C=NC3C=C2)c1F. The minimum atomic E-state index is -0.845. The summed E-state index contributed by atoms with van der Waals surface area (Å²) < 4.78 is 48.2. The Labute approximate surface area is 207 Å². The summed E-state index contributed by atoms with van der Waals surface area (Å²) in [6.07, 6.45) is 8.19. The van der Waals surface area contributed by atoms with Crippen LogP contribution in [0, 0.1) is 11.6 Å². The van der Waals surface area contributed by atoms with Crippen molar-refractivity contribution in [2.75, 3.05) is 45.4 Å². The third-order valence-electron chi connectivity index (χ3n) is 6.16. The van der Waals surface area contributed by atoms with Gasteiger partial charge in [-0.1, -0.05) is 6.08 Å². The van der Waals surface area contributed by atoms with Gasteiger partial charge in [0.05, 0.1) is 45.4 Å². The summed E-state index contributed by atoms with van der Waals surface area (Å²) in [7, 11) is 4.46. The molecule has 2 unspecified atom stereocenters. The van der Waals surface area contributed by atoms with E-state index in [0.29, 0.717) is 31.3 Å². The van der Waals surface area contributed by atoms with Gasteiger partial charge in [0.15, 0.2) is 29.3 Å². The maximum absolute atomic E-state index is 15.5. The molecule has 3 aliphatic rings. The molecule has 1 fully saturated rings. The van der Waals surface area contributed by atoms with Crippen molar-refractivity contribution < 1.29 is 23.0 Å². The standard InChI is InChI=1S/C24H27F2N7O3/c1-32-11-14(9-29-32)17-10-28-16-4-5-20(31-24(16)30-17)33(7-6-27-15-12-36-13-15)23-21(25)18(34-2)8-19(35-3)22(23)26/h4-5,8-11,15-16,24,27H,6-7,12-13H2,1-3H3. The van der Waals surface area contributed by atoms with Crippen molar-refractivity contribution >= 4 is 23.4 Å². The van der Waals surface area contributed by atoms with Gasteiger partial charge in [-0.05, 0) is 6.08 Å². The lowest BCUT2D eigenvalue weighted by atomic mass is 10.1. The molecule has 2 atom stereocenters. The van der Waals surface area contributed by atoms with Crippen LogP contribution in [0.15, 0.2) is 45.6 Å². The van der Waals surface area contributed by atoms with E-state index in [1.54, 1.807) is 23.2 Å². The highest BCUT2D eigenvalue weighted by Crippen LogP contribution is 2.38. The number of hydrogen-bond acceptors (Lipinski definition) is 9. The Morgan fingerprint density at radius 2 is 1.92 bits per heavy atom. The van der Waals surface area contributed by atoms with Crippen LogP contribution in [0.1, 0.15) is 5.56 Å². The van der Waals surface area contributed by atoms with Crippen molar-refractivity contribution in [1.29, 1.82) is 0 Å². The highest BCUT2D eigenvalue weighted by Gasteiger charge is 2.31. The van der Waals surface area contributed by atoms with Crippen molar-refractivity contribution in [3.8, 4) is 11.5 Å². The Morgan fingerprint density at radius 1 is 1.17 bits per heavy atom. The van der Waals surface area contributed by atoms with Crippen molar-refractivity contribution in [3.05, 3.63) is 47.8 Å². The number of amidine groups is 1. The van der Waals surface area contributed by atoms with Gasteiger partial charge in [-0.2, -0.15) is 5.10 Å². The molecule has 0 spiro atoms. The second-order valence-electron chi connectivity index (χ2n) is 8.54. The fraction of sp³-hybridized carbons (Fsp3) is 0.417. The second kappa shape index (κ2) is 10.2. The Bertz CT molecular complexity index is 1220. The molecule has 10 nitrogen and oxygen atoms in total. The van der Waals surface area contributed by atoms with E-state index in [9.17, 15) is 0 Å². The number of methoxy groups -OCH3 is 2. The summed E-state index contributed by atoms with van der Waals surface area (Å²) in [5, 5.41) is 7.51. The van der Waals surface area contributed by atoms with E-state index >= 15 is 8.78 Å². The molecule has 0 aliphatic carbocycles. The molecule has 1 N–H and O–H groups in total. The number of nitrogens with zero attached hydrogens (tertiary/aromatic N) is 6. The topological polar surface area (TPSA) is 97.9 Å². The van der Waals surface area contributed by atoms with E-state index in [2.05, 4.69) is 15.4 Å². The number of aliphatic imine (C=N–C) groups is 3. The number of nitrogens with one attached hydrogen (secondary N) is 1. The summed E-state index contributed by atoms with van der Waals surface area (Å²) >= 11 is 0. The van der Waals surface area contributed by atoms with Gasteiger partial charge in [0.1, 0.15) is 17.6 Å². The Kier molecular flexibility index (Phi) is 6.79. The third-order valence-corrected chi connectivity index (χ3v) is 6.16. The number of dihydropyridines is 1. The van der Waals surface area contributed by atoms with Gasteiger partial charge in [-0.25, -0.2) is 13.8 Å². The molecule has 12 heteroatoms. The normalized spacial score (nSPS) is 20.9. The lowest BCUT2D eigenvalue weighted by molar-refractivity contribution is -0.00442. The molecule has 5 rings (SSSR count). The van der Waals surface area contributed by atoms with Crippen LogP contribution < -0.4 is 19.7 Å². The van der Waals surface area contributed by atoms with Gasteiger partial charge in [0.2, 0.25) is 0 Å². The molecule has 2 aromatic rings. The van der Waals surface area contributed by atoms with Crippen LogP contribution >= 0.6 is 0 Å². The van der Waals surface area contributed by atoms with Crippen LogP contribution in [0.3, 0.4) is 0 Å². The number of fused-ring (bicyclic) bond motifs is 1. The Morgan fingerprint density at radius 3 is 2.53 bits per heavy atom. The summed E-state index contributed by atoms with van der Waals surface area (Å²) in [6.45, 7) is 1.87. The number of anilines is 1. The molecule has 4 heterocycles. The van der Waals surface area contributed by atoms with Crippen LogP contribution in [-0.4, -0.2) is 86.3 Å². The number of hydrogen-bond donors (Lipinski definition) is 1. The molecule has 0 amide bonds. The number of ether oxygens (including phenoxy) is 3. The zero-order valence-corrected chi connectivity index (χ0v) is 20.2. The first-order chi connectivity index (χ1) is 17.5. The van der Waals surface area contributed by atoms with Crippen molar-refractivity contribution in [1.82, 2.24) is 15.1 Å². The van der Waals surface area contributed by atoms with E-state index in [1.165, 1.54) is 25.2 Å². The zero-order chi connectivity index (χ0) is 25.2. The zero-order valence-electron chi connectivity index (χ0n) is 20.2. The molecule has 190 valence electrons. The molecular formula is C24H27F2N7O3. The monoisotopic (exact) mass is 499 g/mol. The highest BCUT2D eigenvalue weighted by atomic mass is 19.1. The number of rotatable bonds is 8. The lowest BCUT2D eigenvalue weighted by Gasteiger charge is -2.32. The third kappa shape index (κ3) is 4.61. The second-order valence-corrected chi connectivity index (χ2v) is 8.54. The van der Waals surface area contributed by atoms with Crippen LogP contribution in [0.2, 0.25) is 0 Å². The average molecular weight is 500 g/mol. The molecule has 0 radical (unpaired) electrons. The quantitative estimate of drug-likeness (QED) is 0.595. The maximum atomic E-state index is 15.5.